The first-order chi connectivity index (χ1) is 7.37. The monoisotopic (exact) mass is 235 g/mol. The van der Waals surface area contributed by atoms with Crippen LogP contribution in [0.15, 0.2) is 12.3 Å². The van der Waals surface area contributed by atoms with Crippen molar-refractivity contribution in [3.63, 3.8) is 0 Å². The van der Waals surface area contributed by atoms with Gasteiger partial charge < -0.3 is 5.32 Å². The lowest BCUT2D eigenvalue weighted by Crippen LogP contribution is -2.17. The van der Waals surface area contributed by atoms with Gasteiger partial charge in [-0.1, -0.05) is 0 Å². The molecule has 1 atom stereocenters. The van der Waals surface area contributed by atoms with Gasteiger partial charge in [0.05, 0.1) is 0 Å². The number of anilines is 1. The highest BCUT2D eigenvalue weighted by Crippen LogP contribution is 2.23. The van der Waals surface area contributed by atoms with Crippen LogP contribution in [0.4, 0.5) is 19.0 Å². The van der Waals surface area contributed by atoms with Crippen molar-refractivity contribution in [2.24, 2.45) is 7.05 Å². The van der Waals surface area contributed by atoms with E-state index >= 15 is 0 Å². The third kappa shape index (κ3) is 5.04. The summed E-state index contributed by atoms with van der Waals surface area (Å²) >= 11 is 0. The van der Waals surface area contributed by atoms with Crippen molar-refractivity contribution in [3.05, 3.63) is 12.3 Å². The average Bonchev–Trinajstić information content (AvgIpc) is 2.48. The molecule has 0 radical (unpaired) electrons. The minimum atomic E-state index is -4.05. The maximum atomic E-state index is 11.9. The number of hydrogen-bond donors (Lipinski definition) is 1. The molecule has 1 aromatic rings. The van der Waals surface area contributed by atoms with Crippen LogP contribution >= 0.6 is 0 Å². The maximum Gasteiger partial charge on any atom is 0.389 e. The van der Waals surface area contributed by atoms with Crippen LogP contribution in [0.5, 0.6) is 0 Å². The van der Waals surface area contributed by atoms with Crippen molar-refractivity contribution in [1.29, 1.82) is 0 Å². The molecule has 0 bridgehead atoms. The average molecular weight is 235 g/mol. The first-order valence-corrected chi connectivity index (χ1v) is 5.20. The summed E-state index contributed by atoms with van der Waals surface area (Å²) in [6, 6.07) is 1.79. The van der Waals surface area contributed by atoms with Crippen LogP contribution in [0.1, 0.15) is 26.2 Å². The molecular weight excluding hydrogens is 219 g/mol. The second kappa shape index (κ2) is 5.23. The van der Waals surface area contributed by atoms with Crippen LogP contribution in [0.3, 0.4) is 0 Å². The molecule has 0 aliphatic rings. The van der Waals surface area contributed by atoms with E-state index in [1.807, 2.05) is 6.92 Å². The van der Waals surface area contributed by atoms with E-state index in [4.69, 9.17) is 0 Å². The number of aryl methyl sites for hydroxylation is 1. The van der Waals surface area contributed by atoms with Crippen LogP contribution < -0.4 is 5.32 Å². The standard InChI is InChI=1S/C10H16F3N3/c1-8(4-3-6-10(11,12)13)14-9-5-7-16(2)15-9/h5,7-8H,3-4,6H2,1-2H3,(H,14,15). The third-order valence-electron chi connectivity index (χ3n) is 2.21. The molecule has 1 rings (SSSR count). The van der Waals surface area contributed by atoms with E-state index in [0.717, 1.165) is 0 Å². The Labute approximate surface area is 92.6 Å². The Hall–Kier alpha value is -1.20. The first-order valence-electron chi connectivity index (χ1n) is 5.20. The van der Waals surface area contributed by atoms with E-state index in [0.29, 0.717) is 12.2 Å². The minimum absolute atomic E-state index is 0.00255. The summed E-state index contributed by atoms with van der Waals surface area (Å²) in [7, 11) is 1.79. The second-order valence-electron chi connectivity index (χ2n) is 3.93. The van der Waals surface area contributed by atoms with E-state index in [1.165, 1.54) is 0 Å². The van der Waals surface area contributed by atoms with Gasteiger partial charge in [0.15, 0.2) is 0 Å². The zero-order chi connectivity index (χ0) is 12.2. The van der Waals surface area contributed by atoms with Gasteiger partial charge >= 0.3 is 6.18 Å². The Balaban J connectivity index is 2.23. The van der Waals surface area contributed by atoms with Gasteiger partial charge in [-0.25, -0.2) is 0 Å². The molecule has 0 aliphatic heterocycles. The van der Waals surface area contributed by atoms with Crippen molar-refractivity contribution in [1.82, 2.24) is 9.78 Å². The molecule has 1 heterocycles. The Bertz CT molecular complexity index is 319. The van der Waals surface area contributed by atoms with E-state index < -0.39 is 12.6 Å². The van der Waals surface area contributed by atoms with Gasteiger partial charge in [0, 0.05) is 31.8 Å². The van der Waals surface area contributed by atoms with Crippen LogP contribution in [-0.4, -0.2) is 22.0 Å². The third-order valence-corrected chi connectivity index (χ3v) is 2.21. The quantitative estimate of drug-likeness (QED) is 0.850. The number of aromatic nitrogens is 2. The fraction of sp³-hybridized carbons (Fsp3) is 0.700. The van der Waals surface area contributed by atoms with Crippen LogP contribution in [0.25, 0.3) is 0 Å². The van der Waals surface area contributed by atoms with Gasteiger partial charge in [0.2, 0.25) is 0 Å². The van der Waals surface area contributed by atoms with Gasteiger partial charge in [-0.3, -0.25) is 4.68 Å². The van der Waals surface area contributed by atoms with Gasteiger partial charge in [0.25, 0.3) is 0 Å². The Morgan fingerprint density at radius 3 is 2.69 bits per heavy atom. The van der Waals surface area contributed by atoms with Gasteiger partial charge in [-0.15, -0.1) is 0 Å². The number of nitrogens with one attached hydrogen (secondary N) is 1. The molecule has 0 spiro atoms. The highest BCUT2D eigenvalue weighted by atomic mass is 19.4. The Morgan fingerprint density at radius 1 is 1.50 bits per heavy atom. The fourth-order valence-electron chi connectivity index (χ4n) is 1.43. The lowest BCUT2D eigenvalue weighted by Gasteiger charge is -2.13. The van der Waals surface area contributed by atoms with E-state index in [9.17, 15) is 13.2 Å². The number of hydrogen-bond acceptors (Lipinski definition) is 2. The highest BCUT2D eigenvalue weighted by Gasteiger charge is 2.26. The van der Waals surface area contributed by atoms with Crippen LogP contribution in [0.2, 0.25) is 0 Å². The van der Waals surface area contributed by atoms with Crippen LogP contribution in [0, 0.1) is 0 Å². The van der Waals surface area contributed by atoms with Gasteiger partial charge in [0.1, 0.15) is 5.82 Å². The summed E-state index contributed by atoms with van der Waals surface area (Å²) in [4.78, 5) is 0. The molecule has 1 N–H and O–H groups in total. The molecule has 0 fully saturated rings. The molecule has 1 unspecified atom stereocenters. The lowest BCUT2D eigenvalue weighted by atomic mass is 10.1. The van der Waals surface area contributed by atoms with E-state index in [1.54, 1.807) is 24.0 Å². The number of halogens is 3. The molecule has 0 amide bonds. The predicted octanol–water partition coefficient (Wildman–Crippen LogP) is 2.95. The van der Waals surface area contributed by atoms with E-state index in [-0.39, 0.29) is 12.5 Å². The summed E-state index contributed by atoms with van der Waals surface area (Å²) < 4.78 is 37.3. The first kappa shape index (κ1) is 12.9. The van der Waals surface area contributed by atoms with Gasteiger partial charge in [-0.05, 0) is 19.8 Å². The molecule has 3 nitrogen and oxygen atoms in total. The lowest BCUT2D eigenvalue weighted by molar-refractivity contribution is -0.135. The van der Waals surface area contributed by atoms with Gasteiger partial charge in [-0.2, -0.15) is 18.3 Å². The van der Waals surface area contributed by atoms with E-state index in [2.05, 4.69) is 10.4 Å². The molecule has 0 saturated carbocycles. The number of alkyl halides is 3. The summed E-state index contributed by atoms with van der Waals surface area (Å²) in [5, 5.41) is 7.14. The van der Waals surface area contributed by atoms with Crippen molar-refractivity contribution in [2.75, 3.05) is 5.32 Å². The SMILES string of the molecule is CC(CCCC(F)(F)F)Nc1ccn(C)n1. The molecule has 0 aliphatic carbocycles. The molecule has 6 heteroatoms. The van der Waals surface area contributed by atoms with Crippen molar-refractivity contribution >= 4 is 5.82 Å². The van der Waals surface area contributed by atoms with Crippen molar-refractivity contribution < 1.29 is 13.2 Å². The molecule has 1 aromatic heterocycles. The molecule has 16 heavy (non-hydrogen) atoms. The summed E-state index contributed by atoms with van der Waals surface area (Å²) in [5.41, 5.74) is 0. The topological polar surface area (TPSA) is 29.9 Å². The second-order valence-corrected chi connectivity index (χ2v) is 3.93. The number of rotatable bonds is 5. The van der Waals surface area contributed by atoms with Crippen LogP contribution in [-0.2, 0) is 7.05 Å². The predicted molar refractivity (Wildman–Crippen MR) is 56.2 cm³/mol. The zero-order valence-corrected chi connectivity index (χ0v) is 9.38. The normalized spacial score (nSPS) is 13.8. The molecule has 0 aromatic carbocycles. The number of nitrogens with zero attached hydrogens (tertiary/aromatic N) is 2. The van der Waals surface area contributed by atoms with Crippen molar-refractivity contribution in [2.45, 2.75) is 38.4 Å². The van der Waals surface area contributed by atoms with Crippen molar-refractivity contribution in [3.8, 4) is 0 Å². The smallest absolute Gasteiger partial charge is 0.366 e. The summed E-state index contributed by atoms with van der Waals surface area (Å²) in [5.74, 6) is 0.696. The molecular formula is C10H16F3N3. The largest absolute Gasteiger partial charge is 0.389 e. The highest BCUT2D eigenvalue weighted by molar-refractivity contribution is 5.33. The fourth-order valence-corrected chi connectivity index (χ4v) is 1.43. The summed E-state index contributed by atoms with van der Waals surface area (Å²) in [6.07, 6.45) is -2.36. The zero-order valence-electron chi connectivity index (χ0n) is 9.38. The maximum absolute atomic E-state index is 11.9. The molecule has 92 valence electrons. The molecule has 0 saturated heterocycles. The minimum Gasteiger partial charge on any atom is -0.366 e. The summed E-state index contributed by atoms with van der Waals surface area (Å²) in [6.45, 7) is 1.85. The Kier molecular flexibility index (Phi) is 4.20. The Morgan fingerprint density at radius 2 is 2.19 bits per heavy atom.